The molecule has 0 unspecified atom stereocenters. The number of nitrogens with zero attached hydrogens (tertiary/aromatic N) is 1. The second-order valence-electron chi connectivity index (χ2n) is 7.46. The van der Waals surface area contributed by atoms with Crippen molar-refractivity contribution in [3.8, 4) is 16.9 Å². The number of rotatable bonds is 4. The molecule has 0 bridgehead atoms. The minimum Gasteiger partial charge on any atom is -0.496 e. The zero-order chi connectivity index (χ0) is 20.7. The molecule has 5 heteroatoms. The van der Waals surface area contributed by atoms with E-state index in [4.69, 9.17) is 20.8 Å². The van der Waals surface area contributed by atoms with Gasteiger partial charge in [-0.05, 0) is 47.4 Å². The zero-order valence-electron chi connectivity index (χ0n) is 16.5. The Bertz CT molecular complexity index is 1230. The molecule has 0 aliphatic carbocycles. The van der Waals surface area contributed by atoms with Gasteiger partial charge in [0.05, 0.1) is 18.9 Å². The number of furan rings is 1. The van der Waals surface area contributed by atoms with E-state index in [1.165, 1.54) is 0 Å². The summed E-state index contributed by atoms with van der Waals surface area (Å²) >= 11 is 6.08. The van der Waals surface area contributed by atoms with Crippen molar-refractivity contribution in [2.24, 2.45) is 0 Å². The summed E-state index contributed by atoms with van der Waals surface area (Å²) in [7, 11) is 1.61. The van der Waals surface area contributed by atoms with Crippen LogP contribution in [0.3, 0.4) is 0 Å². The maximum absolute atomic E-state index is 13.3. The number of hydrogen-bond acceptors (Lipinski definition) is 3. The Morgan fingerprint density at radius 2 is 1.93 bits per heavy atom. The second-order valence-corrected chi connectivity index (χ2v) is 7.90. The molecule has 1 aromatic heterocycles. The van der Waals surface area contributed by atoms with Crippen molar-refractivity contribution in [1.29, 1.82) is 0 Å². The fourth-order valence-electron chi connectivity index (χ4n) is 4.12. The minimum absolute atomic E-state index is 0.00679. The fraction of sp³-hybridized carbons (Fsp3) is 0.160. The van der Waals surface area contributed by atoms with Crippen molar-refractivity contribution in [3.05, 3.63) is 88.6 Å². The van der Waals surface area contributed by atoms with E-state index in [0.717, 1.165) is 39.6 Å². The Kier molecular flexibility index (Phi) is 4.72. The van der Waals surface area contributed by atoms with Gasteiger partial charge in [0.1, 0.15) is 11.3 Å². The molecule has 4 nitrogen and oxygen atoms in total. The van der Waals surface area contributed by atoms with E-state index in [0.29, 0.717) is 29.4 Å². The number of carbonyl (C=O) groups is 1. The van der Waals surface area contributed by atoms with Crippen LogP contribution in [0.5, 0.6) is 5.75 Å². The summed E-state index contributed by atoms with van der Waals surface area (Å²) in [5.41, 5.74) is 5.44. The largest absolute Gasteiger partial charge is 0.496 e. The number of halogens is 1. The number of benzene rings is 3. The number of carbonyl (C=O) groups excluding carboxylic acids is 1. The highest BCUT2D eigenvalue weighted by Gasteiger charge is 2.29. The lowest BCUT2D eigenvalue weighted by Gasteiger charge is -2.30. The Morgan fingerprint density at radius 1 is 1.10 bits per heavy atom. The van der Waals surface area contributed by atoms with Gasteiger partial charge in [-0.15, -0.1) is 0 Å². The third-order valence-corrected chi connectivity index (χ3v) is 5.86. The number of methoxy groups -OCH3 is 1. The van der Waals surface area contributed by atoms with E-state index >= 15 is 0 Å². The molecule has 0 saturated heterocycles. The topological polar surface area (TPSA) is 42.7 Å². The molecule has 3 aromatic carbocycles. The van der Waals surface area contributed by atoms with Crippen LogP contribution in [0, 0.1) is 0 Å². The molecule has 1 aliphatic heterocycles. The molecule has 1 aliphatic rings. The van der Waals surface area contributed by atoms with Gasteiger partial charge in [-0.3, -0.25) is 4.79 Å². The Morgan fingerprint density at radius 3 is 2.73 bits per heavy atom. The maximum atomic E-state index is 13.3. The van der Waals surface area contributed by atoms with Crippen LogP contribution in [0.2, 0.25) is 5.02 Å². The first-order valence-corrected chi connectivity index (χ1v) is 10.2. The number of fused-ring (bicyclic) bond motifs is 2. The molecule has 4 aromatic rings. The Balaban J connectivity index is 1.54. The van der Waals surface area contributed by atoms with E-state index in [2.05, 4.69) is 6.07 Å². The van der Waals surface area contributed by atoms with Gasteiger partial charge in [-0.25, -0.2) is 0 Å². The van der Waals surface area contributed by atoms with E-state index in [-0.39, 0.29) is 5.91 Å². The van der Waals surface area contributed by atoms with Crippen LogP contribution in [-0.4, -0.2) is 24.5 Å². The number of hydrogen-bond donors (Lipinski definition) is 0. The highest BCUT2D eigenvalue weighted by atomic mass is 35.5. The van der Waals surface area contributed by atoms with Crippen LogP contribution in [0.15, 0.2) is 71.3 Å². The van der Waals surface area contributed by atoms with Crippen LogP contribution in [-0.2, 0) is 13.0 Å². The molecule has 0 radical (unpaired) electrons. The number of amides is 1. The summed E-state index contributed by atoms with van der Waals surface area (Å²) < 4.78 is 11.4. The normalized spacial score (nSPS) is 13.5. The van der Waals surface area contributed by atoms with Gasteiger partial charge < -0.3 is 14.1 Å². The van der Waals surface area contributed by atoms with Gasteiger partial charge in [0.25, 0.3) is 5.91 Å². The molecule has 150 valence electrons. The predicted molar refractivity (Wildman–Crippen MR) is 118 cm³/mol. The third-order valence-electron chi connectivity index (χ3n) is 5.62. The smallest absolute Gasteiger partial charge is 0.258 e. The van der Waals surface area contributed by atoms with Crippen molar-refractivity contribution in [2.75, 3.05) is 13.7 Å². The summed E-state index contributed by atoms with van der Waals surface area (Å²) in [6.45, 7) is 1.27. The zero-order valence-corrected chi connectivity index (χ0v) is 17.3. The van der Waals surface area contributed by atoms with E-state index in [1.807, 2.05) is 53.4 Å². The molecule has 0 fully saturated rings. The molecular weight excluding hydrogens is 398 g/mol. The molecular formula is C25H20ClNO3. The number of ether oxygens (including phenoxy) is 1. The quantitative estimate of drug-likeness (QED) is 0.411. The molecule has 2 heterocycles. The Labute approximate surface area is 179 Å². The van der Waals surface area contributed by atoms with Crippen LogP contribution < -0.4 is 4.74 Å². The second kappa shape index (κ2) is 7.54. The summed E-state index contributed by atoms with van der Waals surface area (Å²) in [6.07, 6.45) is 2.51. The summed E-state index contributed by atoms with van der Waals surface area (Å²) in [5, 5.41) is 1.62. The first-order chi connectivity index (χ1) is 14.6. The van der Waals surface area contributed by atoms with Crippen molar-refractivity contribution < 1.29 is 13.9 Å². The lowest BCUT2D eigenvalue weighted by molar-refractivity contribution is 0.0723. The maximum Gasteiger partial charge on any atom is 0.258 e. The standard InChI is InChI=1S/C25H20ClNO3/c1-29-23-12-18(21-15-30-22-13-19(26)7-8-20(21)22)11-17-9-10-27(25(28)24(17)23)14-16-5-3-2-4-6-16/h2-8,11-13,15H,9-10,14H2,1H3. The van der Waals surface area contributed by atoms with Gasteiger partial charge in [0.15, 0.2) is 0 Å². The molecule has 5 rings (SSSR count). The molecule has 0 atom stereocenters. The van der Waals surface area contributed by atoms with Gasteiger partial charge in [-0.2, -0.15) is 0 Å². The van der Waals surface area contributed by atoms with Crippen LogP contribution in [0.1, 0.15) is 21.5 Å². The van der Waals surface area contributed by atoms with Crippen molar-refractivity contribution in [2.45, 2.75) is 13.0 Å². The SMILES string of the molecule is COc1cc(-c2coc3cc(Cl)ccc23)cc2c1C(=O)N(Cc1ccccc1)CC2. The van der Waals surface area contributed by atoms with Gasteiger partial charge in [-0.1, -0.05) is 41.9 Å². The fourth-order valence-corrected chi connectivity index (χ4v) is 4.29. The molecule has 0 N–H and O–H groups in total. The van der Waals surface area contributed by atoms with Crippen molar-refractivity contribution in [1.82, 2.24) is 4.90 Å². The van der Waals surface area contributed by atoms with E-state index in [9.17, 15) is 4.79 Å². The van der Waals surface area contributed by atoms with Crippen LogP contribution >= 0.6 is 11.6 Å². The van der Waals surface area contributed by atoms with Crippen LogP contribution in [0.4, 0.5) is 0 Å². The summed E-state index contributed by atoms with van der Waals surface area (Å²) in [5.74, 6) is 0.598. The first-order valence-electron chi connectivity index (χ1n) is 9.85. The highest BCUT2D eigenvalue weighted by molar-refractivity contribution is 6.31. The van der Waals surface area contributed by atoms with E-state index < -0.39 is 0 Å². The monoisotopic (exact) mass is 417 g/mol. The molecule has 0 saturated carbocycles. The third kappa shape index (κ3) is 3.23. The van der Waals surface area contributed by atoms with E-state index in [1.54, 1.807) is 19.4 Å². The lowest BCUT2D eigenvalue weighted by Crippen LogP contribution is -2.37. The van der Waals surface area contributed by atoms with Gasteiger partial charge >= 0.3 is 0 Å². The van der Waals surface area contributed by atoms with Gasteiger partial charge in [0.2, 0.25) is 0 Å². The van der Waals surface area contributed by atoms with Crippen molar-refractivity contribution in [3.63, 3.8) is 0 Å². The molecule has 1 amide bonds. The first kappa shape index (κ1) is 18.8. The summed E-state index contributed by atoms with van der Waals surface area (Å²) in [4.78, 5) is 15.1. The minimum atomic E-state index is 0.00679. The average molecular weight is 418 g/mol. The highest BCUT2D eigenvalue weighted by Crippen LogP contribution is 2.38. The Hall–Kier alpha value is -3.24. The van der Waals surface area contributed by atoms with Crippen LogP contribution in [0.25, 0.3) is 22.1 Å². The van der Waals surface area contributed by atoms with Crippen molar-refractivity contribution >= 4 is 28.5 Å². The average Bonchev–Trinajstić information content (AvgIpc) is 3.18. The van der Waals surface area contributed by atoms with Gasteiger partial charge in [0, 0.05) is 35.1 Å². The molecule has 30 heavy (non-hydrogen) atoms. The predicted octanol–water partition coefficient (Wildman–Crippen LogP) is 5.96. The molecule has 0 spiro atoms. The lowest BCUT2D eigenvalue weighted by atomic mass is 9.92. The summed E-state index contributed by atoms with van der Waals surface area (Å²) in [6, 6.07) is 19.7.